The minimum absolute atomic E-state index is 0.0742. The number of carbonyl (C=O) groups excluding carboxylic acids is 2. The Labute approximate surface area is 208 Å². The maximum atomic E-state index is 11.0. The van der Waals surface area contributed by atoms with Gasteiger partial charge >= 0.3 is 5.97 Å². The Morgan fingerprint density at radius 3 is 1.29 bits per heavy atom. The van der Waals surface area contributed by atoms with Crippen LogP contribution in [0.25, 0.3) is 0 Å². The highest BCUT2D eigenvalue weighted by atomic mass is 16.4. The van der Waals surface area contributed by atoms with Crippen molar-refractivity contribution < 1.29 is 19.5 Å². The minimum Gasteiger partial charge on any atom is -0.481 e. The first-order chi connectivity index (χ1) is 17.0. The van der Waals surface area contributed by atoms with Gasteiger partial charge in [0.05, 0.1) is 6.42 Å². The maximum Gasteiger partial charge on any atom is 0.304 e. The molecule has 2 aromatic carbocycles. The summed E-state index contributed by atoms with van der Waals surface area (Å²) in [5, 5.41) is 9.01. The second-order valence-electron chi connectivity index (χ2n) is 8.44. The molecule has 0 bridgehead atoms. The van der Waals surface area contributed by atoms with Crippen LogP contribution in [0.1, 0.15) is 87.7 Å². The van der Waals surface area contributed by atoms with Crippen molar-refractivity contribution in [1.29, 1.82) is 0 Å². The van der Waals surface area contributed by atoms with Crippen molar-refractivity contribution in [2.24, 2.45) is 11.7 Å². The Hall–Kier alpha value is -3.23. The average molecular weight is 485 g/mol. The van der Waals surface area contributed by atoms with E-state index < -0.39 is 5.97 Å². The van der Waals surface area contributed by atoms with Crippen LogP contribution in [0, 0.1) is 0 Å². The van der Waals surface area contributed by atoms with Gasteiger partial charge in [0.2, 0.25) is 11.8 Å². The molecule has 35 heavy (non-hydrogen) atoms. The first-order valence-corrected chi connectivity index (χ1v) is 12.3. The summed E-state index contributed by atoms with van der Waals surface area (Å²) in [4.78, 5) is 32.6. The van der Waals surface area contributed by atoms with Crippen molar-refractivity contribution in [2.75, 3.05) is 0 Å². The van der Waals surface area contributed by atoms with Gasteiger partial charge in [-0.15, -0.1) is 0 Å². The van der Waals surface area contributed by atoms with Gasteiger partial charge < -0.3 is 5.11 Å². The number of hydrogen-bond acceptors (Lipinski definition) is 5. The van der Waals surface area contributed by atoms with Gasteiger partial charge in [0.1, 0.15) is 0 Å². The van der Waals surface area contributed by atoms with E-state index in [-0.39, 0.29) is 24.2 Å². The molecule has 8 nitrogen and oxygen atoms in total. The number of aliphatic carboxylic acids is 1. The molecule has 2 amide bonds. The number of amides is 2. The van der Waals surface area contributed by atoms with Gasteiger partial charge in [-0.25, -0.2) is 11.7 Å². The summed E-state index contributed by atoms with van der Waals surface area (Å²) in [6, 6.07) is 19.5. The molecule has 0 aliphatic heterocycles. The molecule has 2 aromatic rings. The largest absolute Gasteiger partial charge is 0.481 e. The van der Waals surface area contributed by atoms with Gasteiger partial charge in [0, 0.05) is 18.8 Å². The number of carboxylic acids is 1. The van der Waals surface area contributed by atoms with Crippen molar-refractivity contribution in [3.05, 3.63) is 71.8 Å². The van der Waals surface area contributed by atoms with Crippen molar-refractivity contribution in [3.63, 3.8) is 0 Å². The quantitative estimate of drug-likeness (QED) is 0.111. The molecule has 192 valence electrons. The van der Waals surface area contributed by atoms with Gasteiger partial charge in [-0.1, -0.05) is 99.2 Å². The number of nitrogens with two attached hydrogens (primary N) is 2. The lowest BCUT2D eigenvalue weighted by atomic mass is 9.89. The topological polar surface area (TPSA) is 148 Å². The highest BCUT2D eigenvalue weighted by Gasteiger charge is 2.17. The van der Waals surface area contributed by atoms with Crippen LogP contribution in [0.4, 0.5) is 0 Å². The third-order valence-corrected chi connectivity index (χ3v) is 5.66. The number of nitrogens with one attached hydrogen (secondary N) is 2. The van der Waals surface area contributed by atoms with E-state index in [1.54, 1.807) is 0 Å². The summed E-state index contributed by atoms with van der Waals surface area (Å²) >= 11 is 0. The smallest absolute Gasteiger partial charge is 0.304 e. The van der Waals surface area contributed by atoms with Crippen LogP contribution in [-0.2, 0) is 14.4 Å². The van der Waals surface area contributed by atoms with Gasteiger partial charge in [-0.3, -0.25) is 25.2 Å². The number of hydrogen-bond donors (Lipinski definition) is 5. The fourth-order valence-corrected chi connectivity index (χ4v) is 3.75. The number of carbonyl (C=O) groups is 3. The highest BCUT2D eigenvalue weighted by molar-refractivity contribution is 5.75. The number of carboxylic acid groups (broad SMARTS) is 1. The maximum absolute atomic E-state index is 11.0. The standard InChI is InChI=1S/C15H14O2.C12H26N4O2/c16-15(17)11-14(12-7-3-1-4-8-12)13-9-5-2-6-10-13;13-15-11(17)9-7-5-3-1-2-4-6-8-10-12(18)16-14/h1-10,14H,11H2,(H,16,17);1-10,13-14H2,(H,15,17)(H,16,18). The third kappa shape index (κ3) is 14.6. The van der Waals surface area contributed by atoms with E-state index in [0.29, 0.717) is 12.8 Å². The van der Waals surface area contributed by atoms with Gasteiger partial charge in [-0.2, -0.15) is 0 Å². The molecule has 2 rings (SSSR count). The second kappa shape index (κ2) is 19.1. The molecule has 0 saturated carbocycles. The number of hydrazine groups is 2. The molecule has 7 N–H and O–H groups in total. The highest BCUT2D eigenvalue weighted by Crippen LogP contribution is 2.27. The Bertz CT molecular complexity index is 783. The van der Waals surface area contributed by atoms with Crippen molar-refractivity contribution in [3.8, 4) is 0 Å². The Balaban J connectivity index is 0.000000350. The van der Waals surface area contributed by atoms with E-state index in [9.17, 15) is 14.4 Å². The molecule has 0 aliphatic carbocycles. The Morgan fingerprint density at radius 2 is 0.971 bits per heavy atom. The molecule has 8 heteroatoms. The van der Waals surface area contributed by atoms with Crippen LogP contribution in [0.5, 0.6) is 0 Å². The van der Waals surface area contributed by atoms with Crippen LogP contribution < -0.4 is 22.5 Å². The van der Waals surface area contributed by atoms with Crippen LogP contribution >= 0.6 is 0 Å². The SMILES string of the molecule is NNC(=O)CCCCCCCCCCC(=O)NN.O=C(O)CC(c1ccccc1)c1ccccc1. The second-order valence-corrected chi connectivity index (χ2v) is 8.44. The van der Waals surface area contributed by atoms with Crippen molar-refractivity contribution >= 4 is 17.8 Å². The van der Waals surface area contributed by atoms with Gasteiger partial charge in [-0.05, 0) is 24.0 Å². The summed E-state index contributed by atoms with van der Waals surface area (Å²) < 4.78 is 0. The lowest BCUT2D eigenvalue weighted by Crippen LogP contribution is -2.29. The van der Waals surface area contributed by atoms with Crippen LogP contribution in [0.2, 0.25) is 0 Å². The number of benzene rings is 2. The lowest BCUT2D eigenvalue weighted by Gasteiger charge is -2.15. The molecule has 0 heterocycles. The molecule has 0 fully saturated rings. The lowest BCUT2D eigenvalue weighted by molar-refractivity contribution is -0.137. The minimum atomic E-state index is -0.775. The van der Waals surface area contributed by atoms with E-state index in [0.717, 1.165) is 49.7 Å². The zero-order valence-electron chi connectivity index (χ0n) is 20.5. The molecule has 0 saturated heterocycles. The summed E-state index contributed by atoms with van der Waals surface area (Å²) in [6.07, 6.45) is 9.79. The Kier molecular flexibility index (Phi) is 16.3. The zero-order chi connectivity index (χ0) is 25.7. The van der Waals surface area contributed by atoms with Gasteiger partial charge in [0.15, 0.2) is 0 Å². The molecule has 0 unspecified atom stereocenters. The summed E-state index contributed by atoms with van der Waals surface area (Å²) in [5.74, 6) is 8.92. The van der Waals surface area contributed by atoms with Crippen molar-refractivity contribution in [1.82, 2.24) is 10.9 Å². The van der Waals surface area contributed by atoms with E-state index in [1.165, 1.54) is 12.8 Å². The first-order valence-electron chi connectivity index (χ1n) is 12.3. The van der Waals surface area contributed by atoms with Crippen molar-refractivity contribution in [2.45, 2.75) is 76.5 Å². The molecular formula is C27H40N4O4. The summed E-state index contributed by atoms with van der Waals surface area (Å²) in [5.41, 5.74) is 6.33. The molecule has 0 spiro atoms. The number of unbranched alkanes of at least 4 members (excludes halogenated alkanes) is 7. The summed E-state index contributed by atoms with van der Waals surface area (Å²) in [6.45, 7) is 0. The van der Waals surface area contributed by atoms with Crippen LogP contribution in [-0.4, -0.2) is 22.9 Å². The predicted molar refractivity (Wildman–Crippen MR) is 138 cm³/mol. The molecular weight excluding hydrogens is 444 g/mol. The molecule has 0 aromatic heterocycles. The normalized spacial score (nSPS) is 10.3. The number of rotatable bonds is 15. The summed E-state index contributed by atoms with van der Waals surface area (Å²) in [7, 11) is 0. The van der Waals surface area contributed by atoms with E-state index >= 15 is 0 Å². The molecule has 0 atom stereocenters. The molecule has 0 aliphatic rings. The van der Waals surface area contributed by atoms with Gasteiger partial charge in [0.25, 0.3) is 0 Å². The third-order valence-electron chi connectivity index (χ3n) is 5.66. The average Bonchev–Trinajstić information content (AvgIpc) is 2.89. The molecule has 0 radical (unpaired) electrons. The van der Waals surface area contributed by atoms with E-state index in [1.807, 2.05) is 60.7 Å². The fourth-order valence-electron chi connectivity index (χ4n) is 3.75. The van der Waals surface area contributed by atoms with Crippen LogP contribution in [0.3, 0.4) is 0 Å². The predicted octanol–water partition coefficient (Wildman–Crippen LogP) is 4.16. The first kappa shape index (κ1) is 29.8. The monoisotopic (exact) mass is 484 g/mol. The van der Waals surface area contributed by atoms with E-state index in [2.05, 4.69) is 10.9 Å². The van der Waals surface area contributed by atoms with E-state index in [4.69, 9.17) is 16.8 Å². The Morgan fingerprint density at radius 1 is 0.629 bits per heavy atom. The van der Waals surface area contributed by atoms with Crippen LogP contribution in [0.15, 0.2) is 60.7 Å². The fraction of sp³-hybridized carbons (Fsp3) is 0.444. The zero-order valence-corrected chi connectivity index (χ0v) is 20.5.